The highest BCUT2D eigenvalue weighted by molar-refractivity contribution is 5.82. The van der Waals surface area contributed by atoms with E-state index in [4.69, 9.17) is 0 Å². The molecule has 1 aromatic rings. The van der Waals surface area contributed by atoms with Crippen molar-refractivity contribution in [3.8, 4) is 0 Å². The highest BCUT2D eigenvalue weighted by Gasteiger charge is 2.38. The van der Waals surface area contributed by atoms with E-state index in [1.807, 2.05) is 13.8 Å². The Balaban J connectivity index is 1.45. The number of aliphatic hydroxyl groups is 1. The summed E-state index contributed by atoms with van der Waals surface area (Å²) in [6.07, 6.45) is 5.28. The molecular weight excluding hydrogens is 312 g/mol. The van der Waals surface area contributed by atoms with Crippen LogP contribution in [0.1, 0.15) is 50.7 Å². The van der Waals surface area contributed by atoms with Gasteiger partial charge in [0.1, 0.15) is 0 Å². The van der Waals surface area contributed by atoms with E-state index >= 15 is 0 Å². The molecule has 0 spiro atoms. The summed E-state index contributed by atoms with van der Waals surface area (Å²) in [4.78, 5) is 14.9. The number of amides is 1. The smallest absolute Gasteiger partial charge is 0.226 e. The van der Waals surface area contributed by atoms with Crippen molar-refractivity contribution in [2.45, 2.75) is 58.6 Å². The zero-order valence-electron chi connectivity index (χ0n) is 15.6. The van der Waals surface area contributed by atoms with Crippen molar-refractivity contribution >= 4 is 5.91 Å². The standard InChI is InChI=1S/C21H32N2O2/c1-21(2,18-9-5-6-10-18)20(25)22-13-19(24)15-23-12-11-16-7-3-4-8-17(16)14-23/h3-4,7-8,18-19,24H,5-6,9-15H2,1-2H3,(H,22,25). The summed E-state index contributed by atoms with van der Waals surface area (Å²) >= 11 is 0. The molecule has 138 valence electrons. The van der Waals surface area contributed by atoms with Crippen LogP contribution in [0.5, 0.6) is 0 Å². The van der Waals surface area contributed by atoms with Crippen LogP contribution in [0, 0.1) is 11.3 Å². The molecule has 4 heteroatoms. The van der Waals surface area contributed by atoms with Gasteiger partial charge in [-0.05, 0) is 36.3 Å². The largest absolute Gasteiger partial charge is 0.390 e. The van der Waals surface area contributed by atoms with Crippen LogP contribution in [0.3, 0.4) is 0 Å². The molecular formula is C21H32N2O2. The summed E-state index contributed by atoms with van der Waals surface area (Å²) in [7, 11) is 0. The number of aliphatic hydroxyl groups excluding tert-OH is 1. The fourth-order valence-electron chi connectivity index (χ4n) is 4.34. The first-order valence-electron chi connectivity index (χ1n) is 9.72. The third-order valence-electron chi connectivity index (χ3n) is 6.14. The normalized spacial score (nSPS) is 20.3. The first-order valence-corrected chi connectivity index (χ1v) is 9.72. The van der Waals surface area contributed by atoms with Crippen LogP contribution >= 0.6 is 0 Å². The van der Waals surface area contributed by atoms with Gasteiger partial charge < -0.3 is 10.4 Å². The van der Waals surface area contributed by atoms with Gasteiger partial charge in [-0.2, -0.15) is 0 Å². The summed E-state index contributed by atoms with van der Waals surface area (Å²) in [5.74, 6) is 0.561. The van der Waals surface area contributed by atoms with E-state index in [0.717, 1.165) is 32.4 Å². The van der Waals surface area contributed by atoms with Crippen molar-refractivity contribution in [1.29, 1.82) is 0 Å². The number of nitrogens with zero attached hydrogens (tertiary/aromatic N) is 1. The zero-order valence-corrected chi connectivity index (χ0v) is 15.6. The molecule has 2 N–H and O–H groups in total. The quantitative estimate of drug-likeness (QED) is 0.834. The van der Waals surface area contributed by atoms with Crippen molar-refractivity contribution in [3.63, 3.8) is 0 Å². The number of carbonyl (C=O) groups excluding carboxylic acids is 1. The minimum absolute atomic E-state index is 0.0856. The van der Waals surface area contributed by atoms with Crippen LogP contribution in [0.2, 0.25) is 0 Å². The molecule has 0 radical (unpaired) electrons. The Morgan fingerprint density at radius 2 is 1.96 bits per heavy atom. The molecule has 1 aliphatic carbocycles. The number of β-amino-alcohol motifs (C(OH)–C–C–N with tert-alkyl or cyclic N) is 1. The SMILES string of the molecule is CC(C)(C(=O)NCC(O)CN1CCc2ccccc2C1)C1CCCC1. The average Bonchev–Trinajstić information content (AvgIpc) is 3.15. The third kappa shape index (κ3) is 4.42. The van der Waals surface area contributed by atoms with Gasteiger partial charge in [0, 0.05) is 31.6 Å². The minimum atomic E-state index is -0.520. The van der Waals surface area contributed by atoms with Gasteiger partial charge in [0.15, 0.2) is 0 Å². The predicted octanol–water partition coefficient (Wildman–Crippen LogP) is 2.74. The number of hydrogen-bond acceptors (Lipinski definition) is 3. The van der Waals surface area contributed by atoms with Crippen LogP contribution in [0.4, 0.5) is 0 Å². The molecule has 1 amide bonds. The fourth-order valence-corrected chi connectivity index (χ4v) is 4.34. The molecule has 1 aliphatic heterocycles. The third-order valence-corrected chi connectivity index (χ3v) is 6.14. The maximum absolute atomic E-state index is 12.6. The highest BCUT2D eigenvalue weighted by Crippen LogP contribution is 2.39. The molecule has 1 fully saturated rings. The molecule has 3 rings (SSSR count). The lowest BCUT2D eigenvalue weighted by atomic mass is 9.77. The lowest BCUT2D eigenvalue weighted by Crippen LogP contribution is -2.46. The van der Waals surface area contributed by atoms with Crippen molar-refractivity contribution in [1.82, 2.24) is 10.2 Å². The van der Waals surface area contributed by atoms with Crippen LogP contribution in [0.25, 0.3) is 0 Å². The van der Waals surface area contributed by atoms with E-state index in [2.05, 4.69) is 34.5 Å². The van der Waals surface area contributed by atoms with Gasteiger partial charge in [-0.1, -0.05) is 51.0 Å². The summed E-state index contributed by atoms with van der Waals surface area (Å²) in [5, 5.41) is 13.4. The van der Waals surface area contributed by atoms with E-state index in [9.17, 15) is 9.90 Å². The summed E-state index contributed by atoms with van der Waals surface area (Å²) < 4.78 is 0. The molecule has 2 aliphatic rings. The number of hydrogen-bond donors (Lipinski definition) is 2. The van der Waals surface area contributed by atoms with Crippen molar-refractivity contribution in [3.05, 3.63) is 35.4 Å². The fraction of sp³-hybridized carbons (Fsp3) is 0.667. The zero-order chi connectivity index (χ0) is 17.9. The lowest BCUT2D eigenvalue weighted by Gasteiger charge is -2.32. The van der Waals surface area contributed by atoms with Gasteiger partial charge in [0.2, 0.25) is 5.91 Å². The number of nitrogens with one attached hydrogen (secondary N) is 1. The summed E-state index contributed by atoms with van der Waals surface area (Å²) in [6, 6.07) is 8.52. The molecule has 1 saturated carbocycles. The molecule has 4 nitrogen and oxygen atoms in total. The molecule has 1 atom stereocenters. The minimum Gasteiger partial charge on any atom is -0.390 e. The highest BCUT2D eigenvalue weighted by atomic mass is 16.3. The predicted molar refractivity (Wildman–Crippen MR) is 100 cm³/mol. The van der Waals surface area contributed by atoms with E-state index in [0.29, 0.717) is 19.0 Å². The summed E-state index contributed by atoms with van der Waals surface area (Å²) in [6.45, 7) is 6.90. The number of carbonyl (C=O) groups is 1. The monoisotopic (exact) mass is 344 g/mol. The van der Waals surface area contributed by atoms with Crippen LogP contribution in [-0.4, -0.2) is 41.7 Å². The Labute approximate surface area is 151 Å². The van der Waals surface area contributed by atoms with Gasteiger partial charge in [0.25, 0.3) is 0 Å². The van der Waals surface area contributed by atoms with Crippen molar-refractivity contribution in [2.24, 2.45) is 11.3 Å². The lowest BCUT2D eigenvalue weighted by molar-refractivity contribution is -0.132. The van der Waals surface area contributed by atoms with E-state index in [-0.39, 0.29) is 11.3 Å². The second kappa shape index (κ2) is 7.88. The molecule has 1 unspecified atom stereocenters. The van der Waals surface area contributed by atoms with Gasteiger partial charge in [0.05, 0.1) is 6.10 Å². The Morgan fingerprint density at radius 3 is 2.68 bits per heavy atom. The molecule has 0 aromatic heterocycles. The molecule has 0 bridgehead atoms. The molecule has 0 saturated heterocycles. The number of rotatable bonds is 6. The number of benzene rings is 1. The van der Waals surface area contributed by atoms with Crippen LogP contribution in [0.15, 0.2) is 24.3 Å². The maximum Gasteiger partial charge on any atom is 0.226 e. The second-order valence-electron chi connectivity index (χ2n) is 8.32. The molecule has 1 heterocycles. The van der Waals surface area contributed by atoms with Gasteiger partial charge in [-0.3, -0.25) is 9.69 Å². The number of fused-ring (bicyclic) bond motifs is 1. The molecule has 1 aromatic carbocycles. The Bertz CT molecular complexity index is 593. The van der Waals surface area contributed by atoms with Gasteiger partial charge >= 0.3 is 0 Å². The van der Waals surface area contributed by atoms with Crippen molar-refractivity contribution in [2.75, 3.05) is 19.6 Å². The second-order valence-corrected chi connectivity index (χ2v) is 8.32. The first-order chi connectivity index (χ1) is 12.0. The average molecular weight is 344 g/mol. The van der Waals surface area contributed by atoms with Gasteiger partial charge in [-0.25, -0.2) is 0 Å². The first kappa shape index (κ1) is 18.4. The topological polar surface area (TPSA) is 52.6 Å². The van der Waals surface area contributed by atoms with Crippen molar-refractivity contribution < 1.29 is 9.90 Å². The van der Waals surface area contributed by atoms with E-state index in [1.165, 1.54) is 24.0 Å². The van der Waals surface area contributed by atoms with Gasteiger partial charge in [-0.15, -0.1) is 0 Å². The Hall–Kier alpha value is -1.39. The van der Waals surface area contributed by atoms with Crippen LogP contribution in [-0.2, 0) is 17.8 Å². The summed E-state index contributed by atoms with van der Waals surface area (Å²) in [5.41, 5.74) is 2.44. The Morgan fingerprint density at radius 1 is 1.28 bits per heavy atom. The maximum atomic E-state index is 12.6. The van der Waals surface area contributed by atoms with E-state index < -0.39 is 6.10 Å². The Kier molecular flexibility index (Phi) is 5.80. The molecule has 25 heavy (non-hydrogen) atoms. The van der Waals surface area contributed by atoms with E-state index in [1.54, 1.807) is 0 Å². The van der Waals surface area contributed by atoms with Crippen LogP contribution < -0.4 is 5.32 Å².